The Bertz CT molecular complexity index is 768. The molecule has 0 aliphatic heterocycles. The van der Waals surface area contributed by atoms with Crippen LogP contribution in [0.25, 0.3) is 22.3 Å². The van der Waals surface area contributed by atoms with E-state index in [1.807, 2.05) is 0 Å². The van der Waals surface area contributed by atoms with Crippen molar-refractivity contribution >= 4 is 11.0 Å². The zero-order valence-electron chi connectivity index (χ0n) is 10.6. The van der Waals surface area contributed by atoms with Gasteiger partial charge in [0.2, 0.25) is 0 Å². The Morgan fingerprint density at radius 1 is 0.950 bits per heavy atom. The normalized spacial score (nSPS) is 10.8. The van der Waals surface area contributed by atoms with Crippen molar-refractivity contribution < 1.29 is 24.5 Å². The molecule has 3 N–H and O–H groups in total. The van der Waals surface area contributed by atoms with Crippen molar-refractivity contribution in [2.45, 2.75) is 0 Å². The fourth-order valence-corrected chi connectivity index (χ4v) is 2.17. The predicted molar refractivity (Wildman–Crippen MR) is 73.2 cm³/mol. The lowest BCUT2D eigenvalue weighted by Gasteiger charge is -2.02. The molecule has 3 rings (SSSR count). The van der Waals surface area contributed by atoms with E-state index < -0.39 is 0 Å². The minimum atomic E-state index is -0.0599. The zero-order valence-corrected chi connectivity index (χ0v) is 10.6. The van der Waals surface area contributed by atoms with Crippen molar-refractivity contribution in [3.05, 3.63) is 36.4 Å². The number of furan rings is 1. The zero-order chi connectivity index (χ0) is 14.3. The average molecular weight is 272 g/mol. The summed E-state index contributed by atoms with van der Waals surface area (Å²) in [6, 6.07) is 8.97. The lowest BCUT2D eigenvalue weighted by Crippen LogP contribution is -1.83. The second-order valence-electron chi connectivity index (χ2n) is 4.38. The number of methoxy groups -OCH3 is 1. The van der Waals surface area contributed by atoms with E-state index in [-0.39, 0.29) is 17.2 Å². The van der Waals surface area contributed by atoms with Crippen LogP contribution in [0.15, 0.2) is 40.8 Å². The second kappa shape index (κ2) is 4.38. The van der Waals surface area contributed by atoms with Gasteiger partial charge < -0.3 is 24.5 Å². The number of fused-ring (bicyclic) bond motifs is 1. The van der Waals surface area contributed by atoms with Crippen LogP contribution in [0, 0.1) is 0 Å². The summed E-state index contributed by atoms with van der Waals surface area (Å²) >= 11 is 0. The number of phenols is 3. The first-order valence-electron chi connectivity index (χ1n) is 5.91. The highest BCUT2D eigenvalue weighted by atomic mass is 16.5. The third kappa shape index (κ3) is 1.89. The molecule has 0 aliphatic carbocycles. The van der Waals surface area contributed by atoms with Crippen molar-refractivity contribution in [3.63, 3.8) is 0 Å². The van der Waals surface area contributed by atoms with Crippen LogP contribution < -0.4 is 4.74 Å². The maximum Gasteiger partial charge on any atom is 0.171 e. The molecule has 0 spiro atoms. The molecule has 0 unspecified atom stereocenters. The Kier molecular flexibility index (Phi) is 2.68. The molecular weight excluding hydrogens is 260 g/mol. The van der Waals surface area contributed by atoms with E-state index in [2.05, 4.69) is 0 Å². The van der Waals surface area contributed by atoms with Crippen LogP contribution in [-0.2, 0) is 0 Å². The molecule has 2 aromatic carbocycles. The molecule has 0 saturated heterocycles. The van der Waals surface area contributed by atoms with Gasteiger partial charge in [-0.15, -0.1) is 0 Å². The summed E-state index contributed by atoms with van der Waals surface area (Å²) < 4.78 is 10.8. The van der Waals surface area contributed by atoms with Crippen LogP contribution in [0.4, 0.5) is 0 Å². The highest BCUT2D eigenvalue weighted by Crippen LogP contribution is 2.39. The molecule has 1 aromatic heterocycles. The molecule has 0 saturated carbocycles. The molecule has 0 bridgehead atoms. The summed E-state index contributed by atoms with van der Waals surface area (Å²) in [6.07, 6.45) is 0. The smallest absolute Gasteiger partial charge is 0.171 e. The van der Waals surface area contributed by atoms with E-state index >= 15 is 0 Å². The summed E-state index contributed by atoms with van der Waals surface area (Å²) in [4.78, 5) is 0. The predicted octanol–water partition coefficient (Wildman–Crippen LogP) is 3.23. The Balaban J connectivity index is 2.22. The van der Waals surface area contributed by atoms with Gasteiger partial charge in [0.15, 0.2) is 11.5 Å². The Morgan fingerprint density at radius 2 is 1.65 bits per heavy atom. The molecule has 102 valence electrons. The van der Waals surface area contributed by atoms with Crippen LogP contribution >= 0.6 is 0 Å². The highest BCUT2D eigenvalue weighted by molar-refractivity contribution is 5.90. The standard InChI is InChI=1S/C15H12O5/c1-19-15-11-7-14(20-13(11)3-2-12(15)18)8-4-9(16)6-10(17)5-8/h2-7,16-18H,1H3. The maximum atomic E-state index is 9.73. The SMILES string of the molecule is COc1c(O)ccc2oc(-c3cc(O)cc(O)c3)cc12. The van der Waals surface area contributed by atoms with Gasteiger partial charge in [0.25, 0.3) is 0 Å². The molecule has 0 amide bonds. The van der Waals surface area contributed by atoms with Gasteiger partial charge >= 0.3 is 0 Å². The lowest BCUT2D eigenvalue weighted by atomic mass is 10.1. The number of hydrogen-bond acceptors (Lipinski definition) is 5. The van der Waals surface area contributed by atoms with Gasteiger partial charge in [-0.25, -0.2) is 0 Å². The van der Waals surface area contributed by atoms with Gasteiger partial charge in [0.05, 0.1) is 12.5 Å². The fraction of sp³-hybridized carbons (Fsp3) is 0.0667. The molecule has 5 nitrogen and oxygen atoms in total. The number of hydrogen-bond donors (Lipinski definition) is 3. The minimum Gasteiger partial charge on any atom is -0.508 e. The number of aromatic hydroxyl groups is 3. The summed E-state index contributed by atoms with van der Waals surface area (Å²) in [5, 5.41) is 29.4. The monoisotopic (exact) mass is 272 g/mol. The summed E-state index contributed by atoms with van der Waals surface area (Å²) in [5.74, 6) is 0.675. The third-order valence-corrected chi connectivity index (χ3v) is 3.02. The topological polar surface area (TPSA) is 83.1 Å². The van der Waals surface area contributed by atoms with Gasteiger partial charge in [-0.2, -0.15) is 0 Å². The van der Waals surface area contributed by atoms with E-state index in [1.165, 1.54) is 31.4 Å². The average Bonchev–Trinajstić information content (AvgIpc) is 2.81. The van der Waals surface area contributed by atoms with Crippen molar-refractivity contribution in [2.24, 2.45) is 0 Å². The van der Waals surface area contributed by atoms with E-state index in [0.717, 1.165) is 0 Å². The maximum absolute atomic E-state index is 9.73. The van der Waals surface area contributed by atoms with Gasteiger partial charge in [-0.1, -0.05) is 0 Å². The first kappa shape index (κ1) is 12.2. The van der Waals surface area contributed by atoms with E-state index in [0.29, 0.717) is 28.0 Å². The molecule has 1 heterocycles. The number of rotatable bonds is 2. The largest absolute Gasteiger partial charge is 0.508 e. The molecule has 0 fully saturated rings. The Labute approximate surface area is 114 Å². The van der Waals surface area contributed by atoms with Crippen LogP contribution in [0.5, 0.6) is 23.0 Å². The molecule has 3 aromatic rings. The van der Waals surface area contributed by atoms with E-state index in [4.69, 9.17) is 9.15 Å². The van der Waals surface area contributed by atoms with Crippen LogP contribution in [-0.4, -0.2) is 22.4 Å². The van der Waals surface area contributed by atoms with Crippen LogP contribution in [0.1, 0.15) is 0 Å². The summed E-state index contributed by atoms with van der Waals surface area (Å²) in [6.45, 7) is 0. The Hall–Kier alpha value is -2.82. The summed E-state index contributed by atoms with van der Waals surface area (Å²) in [5.41, 5.74) is 1.07. The first-order chi connectivity index (χ1) is 9.58. The Morgan fingerprint density at radius 3 is 2.30 bits per heavy atom. The molecule has 20 heavy (non-hydrogen) atoms. The third-order valence-electron chi connectivity index (χ3n) is 3.02. The molecule has 0 aliphatic rings. The second-order valence-corrected chi connectivity index (χ2v) is 4.38. The van der Waals surface area contributed by atoms with Gasteiger partial charge in [-0.3, -0.25) is 0 Å². The first-order valence-corrected chi connectivity index (χ1v) is 5.91. The minimum absolute atomic E-state index is 0.0195. The van der Waals surface area contributed by atoms with Gasteiger partial charge in [-0.05, 0) is 30.3 Å². The van der Waals surface area contributed by atoms with Crippen molar-refractivity contribution in [1.29, 1.82) is 0 Å². The van der Waals surface area contributed by atoms with Crippen molar-refractivity contribution in [3.8, 4) is 34.3 Å². The molecule has 5 heteroatoms. The van der Waals surface area contributed by atoms with E-state index in [9.17, 15) is 15.3 Å². The quantitative estimate of drug-likeness (QED) is 0.667. The van der Waals surface area contributed by atoms with Crippen molar-refractivity contribution in [1.82, 2.24) is 0 Å². The van der Waals surface area contributed by atoms with Gasteiger partial charge in [0, 0.05) is 11.6 Å². The molecule has 0 radical (unpaired) electrons. The number of ether oxygens (including phenoxy) is 1. The molecular formula is C15H12O5. The molecule has 0 atom stereocenters. The lowest BCUT2D eigenvalue weighted by molar-refractivity contribution is 0.378. The highest BCUT2D eigenvalue weighted by Gasteiger charge is 2.14. The number of phenolic OH excluding ortho intramolecular Hbond substituents is 3. The fourth-order valence-electron chi connectivity index (χ4n) is 2.17. The van der Waals surface area contributed by atoms with E-state index in [1.54, 1.807) is 12.1 Å². The summed E-state index contributed by atoms with van der Waals surface area (Å²) in [7, 11) is 1.46. The number of benzene rings is 2. The van der Waals surface area contributed by atoms with Crippen molar-refractivity contribution in [2.75, 3.05) is 7.11 Å². The van der Waals surface area contributed by atoms with Gasteiger partial charge in [0.1, 0.15) is 22.8 Å². The van der Waals surface area contributed by atoms with Crippen LogP contribution in [0.2, 0.25) is 0 Å². The van der Waals surface area contributed by atoms with Crippen LogP contribution in [0.3, 0.4) is 0 Å².